The van der Waals surface area contributed by atoms with Crippen LogP contribution in [0.15, 0.2) is 54.6 Å². The minimum absolute atomic E-state index is 0.335. The van der Waals surface area contributed by atoms with E-state index in [1.54, 1.807) is 73.4 Å². The Bertz CT molecular complexity index is 1340. The van der Waals surface area contributed by atoms with E-state index < -0.39 is 0 Å². The van der Waals surface area contributed by atoms with Crippen molar-refractivity contribution in [3.05, 3.63) is 77.1 Å². The average molecular weight is 429 g/mol. The molecule has 0 saturated carbocycles. The normalized spacial score (nSPS) is 10.8. The number of pyridine rings is 1. The molecule has 2 heterocycles. The summed E-state index contributed by atoms with van der Waals surface area (Å²) in [5.41, 5.74) is 3.85. The molecule has 4 rings (SSSR count). The molecule has 8 heteroatoms. The molecule has 0 fully saturated rings. The van der Waals surface area contributed by atoms with Gasteiger partial charge in [-0.05, 0) is 44.2 Å². The van der Waals surface area contributed by atoms with Crippen LogP contribution in [0.1, 0.15) is 32.1 Å². The Morgan fingerprint density at radius 2 is 1.69 bits per heavy atom. The number of carbonyl (C=O) groups excluding carboxylic acids is 2. The van der Waals surface area contributed by atoms with Crippen LogP contribution in [0.25, 0.3) is 11.0 Å². The standard InChI is InChI=1S/C24H23N5O3/c1-14-12-19(21-15(2)28-29(3)22(21)25-14)24(31)27-20-11-6-5-10-18(20)23(30)26-16-8-7-9-17(13-16)32-4/h5-13H,1-4H3,(H,26,30)(H,27,31). The molecule has 0 radical (unpaired) electrons. The molecule has 32 heavy (non-hydrogen) atoms. The van der Waals surface area contributed by atoms with Gasteiger partial charge in [0.15, 0.2) is 5.65 Å². The summed E-state index contributed by atoms with van der Waals surface area (Å²) in [6.45, 7) is 3.67. The number of nitrogens with one attached hydrogen (secondary N) is 2. The van der Waals surface area contributed by atoms with Crippen molar-refractivity contribution in [3.63, 3.8) is 0 Å². The van der Waals surface area contributed by atoms with Gasteiger partial charge in [0.2, 0.25) is 0 Å². The van der Waals surface area contributed by atoms with Crippen molar-refractivity contribution in [2.24, 2.45) is 7.05 Å². The van der Waals surface area contributed by atoms with Crippen molar-refractivity contribution in [3.8, 4) is 5.75 Å². The number of nitrogens with zero attached hydrogens (tertiary/aromatic N) is 3. The van der Waals surface area contributed by atoms with Crippen molar-refractivity contribution in [2.45, 2.75) is 13.8 Å². The molecule has 0 aliphatic heterocycles. The van der Waals surface area contributed by atoms with Gasteiger partial charge in [-0.2, -0.15) is 5.10 Å². The monoisotopic (exact) mass is 429 g/mol. The molecule has 4 aromatic rings. The van der Waals surface area contributed by atoms with E-state index in [1.807, 2.05) is 13.8 Å². The zero-order chi connectivity index (χ0) is 22.8. The Morgan fingerprint density at radius 3 is 2.47 bits per heavy atom. The van der Waals surface area contributed by atoms with Gasteiger partial charge < -0.3 is 15.4 Å². The Morgan fingerprint density at radius 1 is 0.938 bits per heavy atom. The molecule has 2 amide bonds. The molecule has 0 aliphatic rings. The van der Waals surface area contributed by atoms with E-state index >= 15 is 0 Å². The van der Waals surface area contributed by atoms with Crippen LogP contribution in [0.5, 0.6) is 5.75 Å². The smallest absolute Gasteiger partial charge is 0.257 e. The van der Waals surface area contributed by atoms with E-state index in [0.29, 0.717) is 50.7 Å². The summed E-state index contributed by atoms with van der Waals surface area (Å²) in [7, 11) is 3.36. The topological polar surface area (TPSA) is 98.1 Å². The number of benzene rings is 2. The van der Waals surface area contributed by atoms with Gasteiger partial charge in [0.05, 0.1) is 35.0 Å². The summed E-state index contributed by atoms with van der Waals surface area (Å²) in [6, 6.07) is 15.7. The van der Waals surface area contributed by atoms with Crippen molar-refractivity contribution in [2.75, 3.05) is 17.7 Å². The number of fused-ring (bicyclic) bond motifs is 1. The summed E-state index contributed by atoms with van der Waals surface area (Å²) in [5, 5.41) is 10.8. The average Bonchev–Trinajstić information content (AvgIpc) is 3.06. The number of hydrogen-bond donors (Lipinski definition) is 2. The Hall–Kier alpha value is -4.20. The van der Waals surface area contributed by atoms with Crippen molar-refractivity contribution >= 4 is 34.2 Å². The lowest BCUT2D eigenvalue weighted by molar-refractivity contribution is 0.102. The predicted octanol–water partition coefficient (Wildman–Crippen LogP) is 4.10. The zero-order valence-electron chi connectivity index (χ0n) is 18.3. The fourth-order valence-corrected chi connectivity index (χ4v) is 3.63. The van der Waals surface area contributed by atoms with Crippen LogP contribution in [0.4, 0.5) is 11.4 Å². The van der Waals surface area contributed by atoms with E-state index in [4.69, 9.17) is 4.74 Å². The molecular formula is C24H23N5O3. The highest BCUT2D eigenvalue weighted by Crippen LogP contribution is 2.25. The molecule has 162 valence electrons. The van der Waals surface area contributed by atoms with Crippen LogP contribution in [-0.2, 0) is 7.05 Å². The number of aromatic nitrogens is 3. The predicted molar refractivity (Wildman–Crippen MR) is 123 cm³/mol. The van der Waals surface area contributed by atoms with Crippen molar-refractivity contribution < 1.29 is 14.3 Å². The lowest BCUT2D eigenvalue weighted by Gasteiger charge is -2.13. The van der Waals surface area contributed by atoms with E-state index in [1.165, 1.54) is 0 Å². The number of aryl methyl sites for hydroxylation is 3. The fourth-order valence-electron chi connectivity index (χ4n) is 3.63. The SMILES string of the molecule is COc1cccc(NC(=O)c2ccccc2NC(=O)c2cc(C)nc3c2c(C)nn3C)c1. The molecule has 0 aliphatic carbocycles. The number of methoxy groups -OCH3 is 1. The first-order chi connectivity index (χ1) is 15.4. The molecule has 2 aromatic heterocycles. The third-order valence-electron chi connectivity index (χ3n) is 5.09. The molecule has 8 nitrogen and oxygen atoms in total. The number of ether oxygens (including phenoxy) is 1. The van der Waals surface area contributed by atoms with E-state index in [2.05, 4.69) is 20.7 Å². The van der Waals surface area contributed by atoms with E-state index in [0.717, 1.165) is 0 Å². The molecule has 0 atom stereocenters. The van der Waals surface area contributed by atoms with Gasteiger partial charge in [0.25, 0.3) is 11.8 Å². The van der Waals surface area contributed by atoms with Crippen LogP contribution in [0.3, 0.4) is 0 Å². The third kappa shape index (κ3) is 4.02. The third-order valence-corrected chi connectivity index (χ3v) is 5.09. The van der Waals surface area contributed by atoms with Gasteiger partial charge in [-0.3, -0.25) is 14.3 Å². The second-order valence-corrected chi connectivity index (χ2v) is 7.40. The van der Waals surface area contributed by atoms with Crippen LogP contribution < -0.4 is 15.4 Å². The van der Waals surface area contributed by atoms with E-state index in [-0.39, 0.29) is 11.8 Å². The van der Waals surface area contributed by atoms with Gasteiger partial charge in [0, 0.05) is 24.5 Å². The first-order valence-corrected chi connectivity index (χ1v) is 10.0. The highest BCUT2D eigenvalue weighted by molar-refractivity contribution is 6.16. The van der Waals surface area contributed by atoms with Gasteiger partial charge in [0.1, 0.15) is 5.75 Å². The second-order valence-electron chi connectivity index (χ2n) is 7.40. The molecule has 0 saturated heterocycles. The maximum Gasteiger partial charge on any atom is 0.257 e. The second kappa shape index (κ2) is 8.50. The summed E-state index contributed by atoms with van der Waals surface area (Å²) in [4.78, 5) is 30.7. The summed E-state index contributed by atoms with van der Waals surface area (Å²) >= 11 is 0. The largest absolute Gasteiger partial charge is 0.497 e. The van der Waals surface area contributed by atoms with E-state index in [9.17, 15) is 9.59 Å². The minimum Gasteiger partial charge on any atom is -0.497 e. The summed E-state index contributed by atoms with van der Waals surface area (Å²) in [5.74, 6) is -0.0469. The van der Waals surface area contributed by atoms with Crippen LogP contribution in [0.2, 0.25) is 0 Å². The van der Waals surface area contributed by atoms with Crippen LogP contribution in [-0.4, -0.2) is 33.7 Å². The number of hydrogen-bond acceptors (Lipinski definition) is 5. The maximum absolute atomic E-state index is 13.2. The molecule has 0 spiro atoms. The van der Waals surface area contributed by atoms with Gasteiger partial charge in [-0.15, -0.1) is 0 Å². The number of amides is 2. The van der Waals surface area contributed by atoms with Gasteiger partial charge in [-0.1, -0.05) is 18.2 Å². The maximum atomic E-state index is 13.2. The Kier molecular flexibility index (Phi) is 5.59. The van der Waals surface area contributed by atoms with Crippen LogP contribution >= 0.6 is 0 Å². The zero-order valence-corrected chi connectivity index (χ0v) is 18.3. The Balaban J connectivity index is 1.65. The Labute approximate surface area is 185 Å². The van der Waals surface area contributed by atoms with Gasteiger partial charge in [-0.25, -0.2) is 4.98 Å². The molecule has 2 N–H and O–H groups in total. The fraction of sp³-hybridized carbons (Fsp3) is 0.167. The number of carbonyl (C=O) groups is 2. The van der Waals surface area contributed by atoms with Gasteiger partial charge >= 0.3 is 0 Å². The van der Waals surface area contributed by atoms with Crippen LogP contribution in [0, 0.1) is 13.8 Å². The van der Waals surface area contributed by atoms with Crippen molar-refractivity contribution in [1.82, 2.24) is 14.8 Å². The minimum atomic E-state index is -0.345. The number of rotatable bonds is 5. The summed E-state index contributed by atoms with van der Waals surface area (Å²) in [6.07, 6.45) is 0. The summed E-state index contributed by atoms with van der Waals surface area (Å²) < 4.78 is 6.86. The highest BCUT2D eigenvalue weighted by Gasteiger charge is 2.20. The quantitative estimate of drug-likeness (QED) is 0.498. The highest BCUT2D eigenvalue weighted by atomic mass is 16.5. The van der Waals surface area contributed by atoms with Crippen molar-refractivity contribution in [1.29, 1.82) is 0 Å². The molecular weight excluding hydrogens is 406 g/mol. The first-order valence-electron chi connectivity index (χ1n) is 10.0. The lowest BCUT2D eigenvalue weighted by atomic mass is 10.1. The molecule has 2 aromatic carbocycles. The number of anilines is 2. The molecule has 0 unspecified atom stereocenters. The lowest BCUT2D eigenvalue weighted by Crippen LogP contribution is -2.18. The molecule has 0 bridgehead atoms. The first kappa shape index (κ1) is 21.0. The number of para-hydroxylation sites is 1.